The number of carboxylic acid groups (broad SMARTS) is 1. The highest BCUT2D eigenvalue weighted by Crippen LogP contribution is 2.45. The molecule has 0 saturated carbocycles. The number of nitrogens with zero attached hydrogens (tertiary/aromatic N) is 1. The number of carbonyl (C=O) groups is 3. The van der Waals surface area contributed by atoms with Gasteiger partial charge in [0.15, 0.2) is 0 Å². The van der Waals surface area contributed by atoms with Crippen LogP contribution in [0.1, 0.15) is 72.4 Å². The molecule has 0 aromatic heterocycles. The molecule has 3 aromatic rings. The van der Waals surface area contributed by atoms with Crippen molar-refractivity contribution >= 4 is 34.0 Å². The smallest absolute Gasteiger partial charge is 0.407 e. The first-order valence-corrected chi connectivity index (χ1v) is 18.3. The van der Waals surface area contributed by atoms with E-state index in [9.17, 15) is 27.9 Å². The van der Waals surface area contributed by atoms with E-state index >= 15 is 0 Å². The highest BCUT2D eigenvalue weighted by atomic mass is 32.2. The topological polar surface area (TPSA) is 199 Å². The number of benzene rings is 3. The normalized spacial score (nSPS) is 15.2. The number of aliphatic imine (C=N–C) groups is 1. The lowest BCUT2D eigenvalue weighted by Gasteiger charge is -2.19. The van der Waals surface area contributed by atoms with Crippen LogP contribution < -0.4 is 25.8 Å². The van der Waals surface area contributed by atoms with Gasteiger partial charge in [0.1, 0.15) is 24.0 Å². The molecule has 0 radical (unpaired) electrons. The van der Waals surface area contributed by atoms with Crippen LogP contribution in [0.2, 0.25) is 0 Å². The molecule has 0 fully saturated rings. The molecule has 0 saturated heterocycles. The zero-order chi connectivity index (χ0) is 37.1. The molecule has 2 amide bonds. The number of fused-ring (bicyclic) bond motifs is 4. The molecule has 3 aromatic carbocycles. The molecule has 1 atom stereocenters. The number of ether oxygens (including phenoxy) is 2. The maximum Gasteiger partial charge on any atom is 0.407 e. The molecule has 1 heterocycles. The van der Waals surface area contributed by atoms with Crippen molar-refractivity contribution in [1.82, 2.24) is 15.4 Å². The molecule has 0 bridgehead atoms. The summed E-state index contributed by atoms with van der Waals surface area (Å²) in [5.41, 5.74) is 12.6. The first kappa shape index (κ1) is 37.2. The Kier molecular flexibility index (Phi) is 10.9. The molecule has 5 rings (SSSR count). The molecule has 1 aliphatic heterocycles. The fourth-order valence-corrected chi connectivity index (χ4v) is 8.34. The minimum absolute atomic E-state index is 0.0144. The third-order valence-electron chi connectivity index (χ3n) is 9.33. The summed E-state index contributed by atoms with van der Waals surface area (Å²) in [6.07, 6.45) is -0.0636. The largest absolute Gasteiger partial charge is 0.487 e. The first-order valence-electron chi connectivity index (χ1n) is 16.8. The van der Waals surface area contributed by atoms with Gasteiger partial charge in [-0.25, -0.2) is 22.7 Å². The minimum Gasteiger partial charge on any atom is -0.487 e. The molecule has 6 N–H and O–H groups in total. The van der Waals surface area contributed by atoms with E-state index in [1.54, 1.807) is 13.8 Å². The Morgan fingerprint density at radius 2 is 1.65 bits per heavy atom. The average Bonchev–Trinajstić information content (AvgIpc) is 3.57. The second-order valence-corrected chi connectivity index (χ2v) is 15.1. The summed E-state index contributed by atoms with van der Waals surface area (Å²) in [5, 5.41) is 14.6. The SMILES string of the molecule is Cc1c(C)c(S(=O)(=O)NC(N)=NCCC[C@@H](NC(=O)CCNC(=O)OCC2c3ccccc3-c3ccccc32)C(=O)O)c(C)c2c1OC(C)(C)C2. The number of sulfonamides is 1. The van der Waals surface area contributed by atoms with Crippen LogP contribution in [0.15, 0.2) is 58.4 Å². The van der Waals surface area contributed by atoms with Gasteiger partial charge in [-0.3, -0.25) is 9.79 Å². The number of rotatable bonds is 13. The fourth-order valence-electron chi connectivity index (χ4n) is 6.82. The highest BCUT2D eigenvalue weighted by Gasteiger charge is 2.37. The molecule has 0 spiro atoms. The molecular formula is C37H45N5O8S. The average molecular weight is 720 g/mol. The number of alkyl carbamates (subject to hydrolysis) is 1. The summed E-state index contributed by atoms with van der Waals surface area (Å²) in [6.45, 7) is 9.28. The maximum absolute atomic E-state index is 13.4. The lowest BCUT2D eigenvalue weighted by atomic mass is 9.94. The van der Waals surface area contributed by atoms with Gasteiger partial charge in [-0.15, -0.1) is 0 Å². The monoisotopic (exact) mass is 719 g/mol. The number of hydrogen-bond acceptors (Lipinski definition) is 8. The summed E-state index contributed by atoms with van der Waals surface area (Å²) in [4.78, 5) is 40.9. The van der Waals surface area contributed by atoms with E-state index in [1.165, 1.54) is 0 Å². The Bertz CT molecular complexity index is 1950. The molecular weight excluding hydrogens is 675 g/mol. The van der Waals surface area contributed by atoms with E-state index < -0.39 is 39.6 Å². The zero-order valence-corrected chi connectivity index (χ0v) is 30.3. The van der Waals surface area contributed by atoms with Crippen molar-refractivity contribution in [2.45, 2.75) is 82.8 Å². The van der Waals surface area contributed by atoms with E-state index in [0.29, 0.717) is 23.3 Å². The number of nitrogens with one attached hydrogen (secondary N) is 3. The molecule has 0 unspecified atom stereocenters. The molecule has 13 nitrogen and oxygen atoms in total. The Balaban J connectivity index is 1.06. The van der Waals surface area contributed by atoms with Crippen LogP contribution >= 0.6 is 0 Å². The third kappa shape index (κ3) is 8.28. The zero-order valence-electron chi connectivity index (χ0n) is 29.5. The molecule has 2 aliphatic rings. The van der Waals surface area contributed by atoms with Crippen LogP contribution in [0.5, 0.6) is 5.75 Å². The summed E-state index contributed by atoms with van der Waals surface area (Å²) in [5.74, 6) is -1.54. The Hall–Kier alpha value is -5.11. The highest BCUT2D eigenvalue weighted by molar-refractivity contribution is 7.90. The quantitative estimate of drug-likeness (QED) is 0.0977. The summed E-state index contributed by atoms with van der Waals surface area (Å²) in [7, 11) is -4.08. The first-order chi connectivity index (χ1) is 24.1. The van der Waals surface area contributed by atoms with Gasteiger partial charge in [0, 0.05) is 37.4 Å². The Labute approximate surface area is 298 Å². The van der Waals surface area contributed by atoms with Crippen molar-refractivity contribution in [3.63, 3.8) is 0 Å². The summed E-state index contributed by atoms with van der Waals surface area (Å²) in [6, 6.07) is 14.7. The van der Waals surface area contributed by atoms with E-state index in [0.717, 1.165) is 33.4 Å². The van der Waals surface area contributed by atoms with Crippen LogP contribution in [-0.2, 0) is 30.8 Å². The van der Waals surface area contributed by atoms with Crippen molar-refractivity contribution in [3.8, 4) is 16.9 Å². The van der Waals surface area contributed by atoms with Gasteiger partial charge in [0.05, 0.1) is 4.90 Å². The van der Waals surface area contributed by atoms with Crippen molar-refractivity contribution in [1.29, 1.82) is 0 Å². The number of guanidine groups is 1. The van der Waals surface area contributed by atoms with Crippen LogP contribution in [-0.4, -0.2) is 68.8 Å². The van der Waals surface area contributed by atoms with Crippen LogP contribution in [0, 0.1) is 20.8 Å². The minimum atomic E-state index is -4.08. The lowest BCUT2D eigenvalue weighted by molar-refractivity contribution is -0.142. The van der Waals surface area contributed by atoms with Gasteiger partial charge in [0.25, 0.3) is 10.0 Å². The van der Waals surface area contributed by atoms with Crippen LogP contribution in [0.25, 0.3) is 11.1 Å². The second-order valence-electron chi connectivity index (χ2n) is 13.5. The summed E-state index contributed by atoms with van der Waals surface area (Å²) >= 11 is 0. The number of amides is 2. The Morgan fingerprint density at radius 1 is 1.02 bits per heavy atom. The van der Waals surface area contributed by atoms with Crippen molar-refractivity contribution in [2.75, 3.05) is 19.7 Å². The molecule has 1 aliphatic carbocycles. The van der Waals surface area contributed by atoms with Crippen molar-refractivity contribution < 1.29 is 37.4 Å². The number of nitrogens with two attached hydrogens (primary N) is 1. The van der Waals surface area contributed by atoms with Gasteiger partial charge in [-0.1, -0.05) is 48.5 Å². The van der Waals surface area contributed by atoms with Gasteiger partial charge < -0.3 is 30.9 Å². The predicted molar refractivity (Wildman–Crippen MR) is 192 cm³/mol. The lowest BCUT2D eigenvalue weighted by Crippen LogP contribution is -2.42. The number of carbonyl (C=O) groups excluding carboxylic acids is 2. The fraction of sp³-hybridized carbons (Fsp3) is 0.405. The van der Waals surface area contributed by atoms with Gasteiger partial charge in [0.2, 0.25) is 11.9 Å². The van der Waals surface area contributed by atoms with Gasteiger partial charge >= 0.3 is 12.1 Å². The van der Waals surface area contributed by atoms with E-state index in [-0.39, 0.29) is 55.7 Å². The predicted octanol–water partition coefficient (Wildman–Crippen LogP) is 4.20. The van der Waals surface area contributed by atoms with Crippen LogP contribution in [0.4, 0.5) is 4.79 Å². The third-order valence-corrected chi connectivity index (χ3v) is 11.0. The second kappa shape index (κ2) is 15.0. The standard InChI is InChI=1S/C37H45N5O8S/c1-21-22(2)33(23(3)28-19-37(4,5)50-32(21)28)51(47,48)42-35(38)39-17-10-15-30(34(44)45)41-31(43)16-18-40-36(46)49-20-29-26-13-8-6-11-24(26)25-12-7-9-14-27(25)29/h6-9,11-14,29-30H,10,15-20H2,1-5H3,(H,40,46)(H,41,43)(H,44,45)(H3,38,39,42)/t30-/m1/s1. The van der Waals surface area contributed by atoms with E-state index in [4.69, 9.17) is 15.2 Å². The van der Waals surface area contributed by atoms with Crippen molar-refractivity contribution in [3.05, 3.63) is 81.9 Å². The number of carboxylic acids is 1. The maximum atomic E-state index is 13.4. The summed E-state index contributed by atoms with van der Waals surface area (Å²) < 4.78 is 40.7. The molecule has 14 heteroatoms. The van der Waals surface area contributed by atoms with Crippen molar-refractivity contribution in [2.24, 2.45) is 10.7 Å². The van der Waals surface area contributed by atoms with E-state index in [2.05, 4.69) is 20.3 Å². The Morgan fingerprint density at radius 3 is 2.27 bits per heavy atom. The van der Waals surface area contributed by atoms with Gasteiger partial charge in [-0.2, -0.15) is 0 Å². The number of hydrogen-bond donors (Lipinski definition) is 5. The number of aliphatic carboxylic acids is 1. The van der Waals surface area contributed by atoms with E-state index in [1.807, 2.05) is 69.3 Å². The molecule has 272 valence electrons. The van der Waals surface area contributed by atoms with Gasteiger partial charge in [-0.05, 0) is 86.4 Å². The van der Waals surface area contributed by atoms with Crippen LogP contribution in [0.3, 0.4) is 0 Å². The molecule has 51 heavy (non-hydrogen) atoms.